The number of fused-ring (bicyclic) bond motifs is 1. The molecule has 126 valence electrons. The Morgan fingerprint density at radius 1 is 1.29 bits per heavy atom. The summed E-state index contributed by atoms with van der Waals surface area (Å²) in [7, 11) is 1.67. The lowest BCUT2D eigenvalue weighted by atomic mass is 10.1. The minimum atomic E-state index is 0.0311. The molecule has 2 heterocycles. The van der Waals surface area contributed by atoms with Crippen LogP contribution in [-0.2, 0) is 22.6 Å². The number of methoxy groups -OCH3 is 1. The molecule has 1 N–H and O–H groups in total. The third-order valence-corrected chi connectivity index (χ3v) is 4.41. The fourth-order valence-electron chi connectivity index (χ4n) is 2.91. The van der Waals surface area contributed by atoms with Crippen molar-refractivity contribution < 1.29 is 9.53 Å². The largest absolute Gasteiger partial charge is 0.382 e. The van der Waals surface area contributed by atoms with Gasteiger partial charge in [0, 0.05) is 38.5 Å². The summed E-state index contributed by atoms with van der Waals surface area (Å²) < 4.78 is 5.19. The van der Waals surface area contributed by atoms with E-state index in [1.54, 1.807) is 13.3 Å². The summed E-state index contributed by atoms with van der Waals surface area (Å²) in [5, 5.41) is 3.05. The van der Waals surface area contributed by atoms with E-state index in [9.17, 15) is 4.79 Å². The predicted octanol–water partition coefficient (Wildman–Crippen LogP) is 3.36. The fourth-order valence-corrected chi connectivity index (χ4v) is 2.91. The lowest BCUT2D eigenvalue weighted by molar-refractivity contribution is -0.116. The van der Waals surface area contributed by atoms with Crippen LogP contribution >= 0.6 is 0 Å². The van der Waals surface area contributed by atoms with E-state index < -0.39 is 0 Å². The summed E-state index contributed by atoms with van der Waals surface area (Å²) in [6.45, 7) is 3.55. The molecular weight excluding hydrogens is 302 g/mol. The molecule has 1 aromatic carbocycles. The minimum Gasteiger partial charge on any atom is -0.382 e. The molecule has 5 heteroatoms. The van der Waals surface area contributed by atoms with Crippen LogP contribution in [-0.4, -0.2) is 24.1 Å². The van der Waals surface area contributed by atoms with Crippen LogP contribution in [0.5, 0.6) is 0 Å². The fraction of sp³-hybridized carbons (Fsp3) is 0.368. The van der Waals surface area contributed by atoms with Gasteiger partial charge in [0.25, 0.3) is 0 Å². The number of benzene rings is 1. The molecule has 0 aliphatic carbocycles. The Balaban J connectivity index is 1.68. The minimum absolute atomic E-state index is 0.0311. The third-order valence-electron chi connectivity index (χ3n) is 4.41. The van der Waals surface area contributed by atoms with Crippen LogP contribution in [0, 0.1) is 0 Å². The van der Waals surface area contributed by atoms with Crippen molar-refractivity contribution in [2.45, 2.75) is 39.0 Å². The normalized spacial score (nSPS) is 14.3. The average molecular weight is 325 g/mol. The van der Waals surface area contributed by atoms with Gasteiger partial charge in [-0.25, -0.2) is 4.98 Å². The molecule has 0 saturated heterocycles. The monoisotopic (exact) mass is 325 g/mol. The molecule has 1 aromatic heterocycles. The van der Waals surface area contributed by atoms with E-state index >= 15 is 0 Å². The van der Waals surface area contributed by atoms with Gasteiger partial charge in [-0.2, -0.15) is 0 Å². The second-order valence-corrected chi connectivity index (χ2v) is 6.12. The van der Waals surface area contributed by atoms with E-state index in [-0.39, 0.29) is 12.0 Å². The zero-order chi connectivity index (χ0) is 16.9. The number of pyridine rings is 1. The van der Waals surface area contributed by atoms with E-state index in [0.29, 0.717) is 6.42 Å². The maximum absolute atomic E-state index is 12.2. The number of hydrogen-bond acceptors (Lipinski definition) is 4. The molecule has 2 aromatic rings. The quantitative estimate of drug-likeness (QED) is 0.885. The van der Waals surface area contributed by atoms with E-state index in [0.717, 1.165) is 31.0 Å². The van der Waals surface area contributed by atoms with Gasteiger partial charge in [0.15, 0.2) is 0 Å². The van der Waals surface area contributed by atoms with Crippen molar-refractivity contribution in [1.29, 1.82) is 0 Å². The van der Waals surface area contributed by atoms with Gasteiger partial charge in [-0.3, -0.25) is 4.79 Å². The first-order chi connectivity index (χ1) is 11.7. The molecule has 0 spiro atoms. The molecule has 0 fully saturated rings. The van der Waals surface area contributed by atoms with Crippen LogP contribution in [0.4, 0.5) is 11.5 Å². The van der Waals surface area contributed by atoms with Crippen LogP contribution in [0.3, 0.4) is 0 Å². The van der Waals surface area contributed by atoms with E-state index in [1.807, 2.05) is 37.3 Å². The van der Waals surface area contributed by atoms with Gasteiger partial charge in [-0.1, -0.05) is 18.2 Å². The molecular formula is C19H23N3O2. The molecule has 0 bridgehead atoms. The van der Waals surface area contributed by atoms with Gasteiger partial charge in [0.1, 0.15) is 5.82 Å². The smallest absolute Gasteiger partial charge is 0.224 e. The number of nitrogens with zero attached hydrogens (tertiary/aromatic N) is 2. The van der Waals surface area contributed by atoms with Crippen LogP contribution < -0.4 is 10.2 Å². The first-order valence-corrected chi connectivity index (χ1v) is 8.26. The Morgan fingerprint density at radius 3 is 2.92 bits per heavy atom. The second-order valence-electron chi connectivity index (χ2n) is 6.12. The van der Waals surface area contributed by atoms with Crippen LogP contribution in [0.25, 0.3) is 0 Å². The molecule has 5 nitrogen and oxygen atoms in total. The lowest BCUT2D eigenvalue weighted by Gasteiger charge is -2.16. The highest BCUT2D eigenvalue weighted by Gasteiger charge is 2.23. The maximum atomic E-state index is 12.2. The molecule has 0 saturated carbocycles. The van der Waals surface area contributed by atoms with Crippen molar-refractivity contribution >= 4 is 17.4 Å². The highest BCUT2D eigenvalue weighted by atomic mass is 16.5. The number of anilines is 2. The highest BCUT2D eigenvalue weighted by Crippen LogP contribution is 2.31. The summed E-state index contributed by atoms with van der Waals surface area (Å²) in [6.07, 6.45) is 3.08. The molecule has 1 amide bonds. The Bertz CT molecular complexity index is 703. The van der Waals surface area contributed by atoms with E-state index in [4.69, 9.17) is 4.74 Å². The standard InChI is InChI=1S/C19H23N3O2/c1-14(24-2)9-10-19(23)21-17-7-5-6-15-12-22(13-16(15)17)18-8-3-4-11-20-18/h3-8,11,14H,9-10,12-13H2,1-2H3,(H,21,23)/t14-/m0/s1. The highest BCUT2D eigenvalue weighted by molar-refractivity contribution is 5.92. The summed E-state index contributed by atoms with van der Waals surface area (Å²) >= 11 is 0. The van der Waals surface area contributed by atoms with E-state index in [1.165, 1.54) is 11.1 Å². The molecule has 1 aliphatic rings. The summed E-state index contributed by atoms with van der Waals surface area (Å²) in [4.78, 5) is 18.8. The van der Waals surface area contributed by atoms with Crippen molar-refractivity contribution in [1.82, 2.24) is 4.98 Å². The lowest BCUT2D eigenvalue weighted by Crippen LogP contribution is -2.17. The summed E-state index contributed by atoms with van der Waals surface area (Å²) in [5.41, 5.74) is 3.32. The number of aromatic nitrogens is 1. The van der Waals surface area contributed by atoms with Crippen molar-refractivity contribution in [3.05, 3.63) is 53.7 Å². The summed E-state index contributed by atoms with van der Waals surface area (Å²) in [5.74, 6) is 0.989. The van der Waals surface area contributed by atoms with Crippen LogP contribution in [0.1, 0.15) is 30.9 Å². The Labute approximate surface area is 142 Å². The molecule has 3 rings (SSSR count). The Kier molecular flexibility index (Phi) is 5.11. The van der Waals surface area contributed by atoms with Gasteiger partial charge < -0.3 is 15.0 Å². The maximum Gasteiger partial charge on any atom is 0.224 e. The number of hydrogen-bond donors (Lipinski definition) is 1. The molecule has 0 unspecified atom stereocenters. The average Bonchev–Trinajstić information content (AvgIpc) is 3.06. The molecule has 1 atom stereocenters. The first kappa shape index (κ1) is 16.5. The molecule has 0 radical (unpaired) electrons. The number of rotatable bonds is 6. The number of ether oxygens (including phenoxy) is 1. The van der Waals surface area contributed by atoms with Gasteiger partial charge >= 0.3 is 0 Å². The molecule has 24 heavy (non-hydrogen) atoms. The van der Waals surface area contributed by atoms with Crippen LogP contribution in [0.15, 0.2) is 42.6 Å². The third kappa shape index (κ3) is 3.74. The predicted molar refractivity (Wildman–Crippen MR) is 94.9 cm³/mol. The van der Waals surface area contributed by atoms with Crippen molar-refractivity contribution in [3.8, 4) is 0 Å². The van der Waals surface area contributed by atoms with Gasteiger partial charge in [0.2, 0.25) is 5.91 Å². The number of nitrogens with one attached hydrogen (secondary N) is 1. The zero-order valence-corrected chi connectivity index (χ0v) is 14.2. The van der Waals surface area contributed by atoms with Crippen molar-refractivity contribution in [2.24, 2.45) is 0 Å². The number of carbonyl (C=O) groups is 1. The van der Waals surface area contributed by atoms with Crippen molar-refractivity contribution in [2.75, 3.05) is 17.3 Å². The Morgan fingerprint density at radius 2 is 2.17 bits per heavy atom. The molecule has 1 aliphatic heterocycles. The SMILES string of the molecule is CO[C@@H](C)CCC(=O)Nc1cccc2c1CN(c1ccccn1)C2. The van der Waals surface area contributed by atoms with Crippen LogP contribution in [0.2, 0.25) is 0 Å². The Hall–Kier alpha value is -2.40. The van der Waals surface area contributed by atoms with E-state index in [2.05, 4.69) is 21.3 Å². The summed E-state index contributed by atoms with van der Waals surface area (Å²) in [6, 6.07) is 12.0. The second kappa shape index (κ2) is 7.45. The topological polar surface area (TPSA) is 54.5 Å². The van der Waals surface area contributed by atoms with Gasteiger partial charge in [-0.15, -0.1) is 0 Å². The zero-order valence-electron chi connectivity index (χ0n) is 14.2. The number of carbonyl (C=O) groups excluding carboxylic acids is 1. The van der Waals surface area contributed by atoms with Crippen molar-refractivity contribution in [3.63, 3.8) is 0 Å². The van der Waals surface area contributed by atoms with Gasteiger partial charge in [-0.05, 0) is 42.7 Å². The number of amides is 1. The first-order valence-electron chi connectivity index (χ1n) is 8.26. The van der Waals surface area contributed by atoms with Gasteiger partial charge in [0.05, 0.1) is 6.10 Å².